The molecule has 10 heteroatoms. The van der Waals surface area contributed by atoms with Crippen LogP contribution in [0.5, 0.6) is 0 Å². The van der Waals surface area contributed by atoms with Crippen molar-refractivity contribution in [3.63, 3.8) is 0 Å². The number of para-hydroxylation sites is 1. The number of anilines is 1. The highest BCUT2D eigenvalue weighted by molar-refractivity contribution is 7.91. The molecule has 0 aliphatic carbocycles. The van der Waals surface area contributed by atoms with E-state index in [0.29, 0.717) is 36.5 Å². The van der Waals surface area contributed by atoms with Crippen LogP contribution in [0.4, 0.5) is 5.69 Å². The lowest BCUT2D eigenvalue weighted by Crippen LogP contribution is -2.47. The normalized spacial score (nSPS) is 17.0. The van der Waals surface area contributed by atoms with E-state index in [1.54, 1.807) is 17.0 Å². The van der Waals surface area contributed by atoms with Crippen molar-refractivity contribution in [2.24, 2.45) is 0 Å². The van der Waals surface area contributed by atoms with Gasteiger partial charge in [-0.25, -0.2) is 13.5 Å². The summed E-state index contributed by atoms with van der Waals surface area (Å²) in [5.74, 6) is -0.214. The number of hydrogen-bond donors (Lipinski definition) is 1. The van der Waals surface area contributed by atoms with Crippen molar-refractivity contribution >= 4 is 33.0 Å². The number of nitrogens with zero attached hydrogens (tertiary/aromatic N) is 3. The average Bonchev–Trinajstić information content (AvgIpc) is 3.46. The molecule has 1 aliphatic rings. The van der Waals surface area contributed by atoms with E-state index in [9.17, 15) is 18.0 Å². The molecule has 2 aromatic heterocycles. The Morgan fingerprint density at radius 2 is 1.97 bits per heavy atom. The minimum Gasteiger partial charge on any atom is -0.311 e. The zero-order valence-electron chi connectivity index (χ0n) is 16.9. The highest BCUT2D eigenvalue weighted by Gasteiger charge is 2.41. The number of aromatic nitrogens is 2. The van der Waals surface area contributed by atoms with Crippen molar-refractivity contribution in [1.82, 2.24) is 14.5 Å². The molecule has 0 spiro atoms. The van der Waals surface area contributed by atoms with Gasteiger partial charge < -0.3 is 4.90 Å². The molecule has 1 aliphatic heterocycles. The van der Waals surface area contributed by atoms with Crippen molar-refractivity contribution in [2.45, 2.75) is 30.0 Å². The zero-order valence-corrected chi connectivity index (χ0v) is 18.5. The predicted octanol–water partition coefficient (Wildman–Crippen LogP) is 2.70. The quantitative estimate of drug-likeness (QED) is 0.612. The Morgan fingerprint density at radius 3 is 2.65 bits per heavy atom. The molecular weight excluding hydrogens is 436 g/mol. The maximum Gasteiger partial charge on any atom is 0.264 e. The van der Waals surface area contributed by atoms with Crippen LogP contribution >= 0.6 is 11.3 Å². The Hall–Kier alpha value is -2.82. The molecule has 1 fully saturated rings. The first kappa shape index (κ1) is 21.4. The maximum absolute atomic E-state index is 13.4. The summed E-state index contributed by atoms with van der Waals surface area (Å²) in [6.45, 7) is 2.63. The number of carbonyl (C=O) groups is 1. The standard InChI is InChI=1S/C21H22N4O4S2/c1-2-24(15-7-4-3-5-8-15)21(27)17-9-6-14-25(17)31(28,29)20-13-11-18(30-20)16-10-12-19(26)23-22-16/h3-5,7-8,10-13,17H,2,6,9,14H2,1H3,(H,23,26). The molecule has 1 atom stereocenters. The zero-order chi connectivity index (χ0) is 22.0. The van der Waals surface area contributed by atoms with Crippen molar-refractivity contribution in [1.29, 1.82) is 0 Å². The van der Waals surface area contributed by atoms with Crippen LogP contribution in [0.2, 0.25) is 0 Å². The van der Waals surface area contributed by atoms with Crippen molar-refractivity contribution < 1.29 is 13.2 Å². The Labute approximate surface area is 184 Å². The number of aromatic amines is 1. The van der Waals surface area contributed by atoms with Crippen LogP contribution in [0.3, 0.4) is 0 Å². The summed E-state index contributed by atoms with van der Waals surface area (Å²) in [6.07, 6.45) is 1.11. The third-order valence-corrected chi connectivity index (χ3v) is 8.70. The van der Waals surface area contributed by atoms with Crippen LogP contribution in [-0.4, -0.2) is 48.0 Å². The smallest absolute Gasteiger partial charge is 0.264 e. The third-order valence-electron chi connectivity index (χ3n) is 5.21. The fraction of sp³-hybridized carbons (Fsp3) is 0.286. The summed E-state index contributed by atoms with van der Waals surface area (Å²) in [7, 11) is -3.85. The molecule has 0 bridgehead atoms. The second-order valence-electron chi connectivity index (χ2n) is 7.12. The van der Waals surface area contributed by atoms with Gasteiger partial charge in [0.15, 0.2) is 0 Å². The van der Waals surface area contributed by atoms with E-state index >= 15 is 0 Å². The highest BCUT2D eigenvalue weighted by Crippen LogP contribution is 2.34. The Kier molecular flexibility index (Phi) is 6.03. The summed E-state index contributed by atoms with van der Waals surface area (Å²) < 4.78 is 28.2. The summed E-state index contributed by atoms with van der Waals surface area (Å²) in [6, 6.07) is 14.6. The predicted molar refractivity (Wildman–Crippen MR) is 120 cm³/mol. The van der Waals surface area contributed by atoms with Gasteiger partial charge in [-0.05, 0) is 50.1 Å². The second-order valence-corrected chi connectivity index (χ2v) is 10.3. The minimum atomic E-state index is -3.85. The van der Waals surface area contributed by atoms with Crippen molar-refractivity contribution in [3.05, 3.63) is 65.0 Å². The van der Waals surface area contributed by atoms with Gasteiger partial charge in [-0.2, -0.15) is 9.40 Å². The fourth-order valence-corrected chi connectivity index (χ4v) is 6.78. The van der Waals surface area contributed by atoms with E-state index < -0.39 is 16.1 Å². The molecule has 31 heavy (non-hydrogen) atoms. The number of hydrogen-bond acceptors (Lipinski definition) is 6. The van der Waals surface area contributed by atoms with Crippen LogP contribution in [0.15, 0.2) is 63.6 Å². The molecule has 0 saturated carbocycles. The van der Waals surface area contributed by atoms with E-state index in [-0.39, 0.29) is 15.7 Å². The van der Waals surface area contributed by atoms with Gasteiger partial charge in [0, 0.05) is 24.8 Å². The van der Waals surface area contributed by atoms with Gasteiger partial charge in [0.05, 0.1) is 4.88 Å². The van der Waals surface area contributed by atoms with E-state index in [0.717, 1.165) is 17.0 Å². The number of amides is 1. The van der Waals surface area contributed by atoms with Gasteiger partial charge in [0.2, 0.25) is 5.91 Å². The van der Waals surface area contributed by atoms with Gasteiger partial charge in [0.25, 0.3) is 15.6 Å². The lowest BCUT2D eigenvalue weighted by molar-refractivity contribution is -0.121. The summed E-state index contributed by atoms with van der Waals surface area (Å²) in [5, 5.41) is 6.31. The van der Waals surface area contributed by atoms with Gasteiger partial charge in [0.1, 0.15) is 15.9 Å². The minimum absolute atomic E-state index is 0.151. The van der Waals surface area contributed by atoms with Crippen LogP contribution in [0.1, 0.15) is 19.8 Å². The number of nitrogens with one attached hydrogen (secondary N) is 1. The Balaban J connectivity index is 1.61. The lowest BCUT2D eigenvalue weighted by atomic mass is 10.2. The van der Waals surface area contributed by atoms with E-state index in [2.05, 4.69) is 10.2 Å². The van der Waals surface area contributed by atoms with Crippen LogP contribution in [-0.2, 0) is 14.8 Å². The Bertz CT molecular complexity index is 1220. The topological polar surface area (TPSA) is 103 Å². The molecule has 1 N–H and O–H groups in total. The molecule has 1 unspecified atom stereocenters. The van der Waals surface area contributed by atoms with Crippen LogP contribution in [0.25, 0.3) is 10.6 Å². The third kappa shape index (κ3) is 4.18. The SMILES string of the molecule is CCN(C(=O)C1CCCN1S(=O)(=O)c1ccc(-c2ccc(=O)[nH]n2)s1)c1ccccc1. The van der Waals surface area contributed by atoms with Crippen molar-refractivity contribution in [3.8, 4) is 10.6 Å². The lowest BCUT2D eigenvalue weighted by Gasteiger charge is -2.29. The molecular formula is C21H22N4O4S2. The molecule has 3 heterocycles. The molecule has 1 amide bonds. The monoisotopic (exact) mass is 458 g/mol. The summed E-state index contributed by atoms with van der Waals surface area (Å²) in [5.41, 5.74) is 0.911. The molecule has 1 saturated heterocycles. The molecule has 162 valence electrons. The molecule has 4 rings (SSSR count). The van der Waals surface area contributed by atoms with Crippen LogP contribution in [0, 0.1) is 0 Å². The molecule has 0 radical (unpaired) electrons. The van der Waals surface area contributed by atoms with Gasteiger partial charge in [-0.3, -0.25) is 9.59 Å². The van der Waals surface area contributed by atoms with Crippen LogP contribution < -0.4 is 10.5 Å². The van der Waals surface area contributed by atoms with E-state index in [1.165, 1.54) is 16.4 Å². The summed E-state index contributed by atoms with van der Waals surface area (Å²) in [4.78, 5) is 26.8. The summed E-state index contributed by atoms with van der Waals surface area (Å²) >= 11 is 1.07. The number of benzene rings is 1. The number of thiophene rings is 1. The number of likely N-dealkylation sites (N-methyl/N-ethyl adjacent to an activating group) is 1. The van der Waals surface area contributed by atoms with Gasteiger partial charge >= 0.3 is 0 Å². The maximum atomic E-state index is 13.4. The molecule has 3 aromatic rings. The first-order chi connectivity index (χ1) is 14.9. The van der Waals surface area contributed by atoms with E-state index in [4.69, 9.17) is 0 Å². The highest BCUT2D eigenvalue weighted by atomic mass is 32.2. The fourth-order valence-electron chi connectivity index (χ4n) is 3.72. The Morgan fingerprint density at radius 1 is 1.19 bits per heavy atom. The largest absolute Gasteiger partial charge is 0.311 e. The van der Waals surface area contributed by atoms with Gasteiger partial charge in [-0.1, -0.05) is 18.2 Å². The first-order valence-corrected chi connectivity index (χ1v) is 12.2. The number of H-pyrrole nitrogens is 1. The van der Waals surface area contributed by atoms with Crippen molar-refractivity contribution in [2.75, 3.05) is 18.0 Å². The first-order valence-electron chi connectivity index (χ1n) is 9.96. The number of rotatable bonds is 6. The average molecular weight is 459 g/mol. The van der Waals surface area contributed by atoms with Gasteiger partial charge in [-0.15, -0.1) is 11.3 Å². The molecule has 8 nitrogen and oxygen atoms in total. The molecule has 1 aromatic carbocycles. The second kappa shape index (κ2) is 8.74. The number of carbonyl (C=O) groups excluding carboxylic acids is 1. The number of sulfonamides is 1. The van der Waals surface area contributed by atoms with E-state index in [1.807, 2.05) is 37.3 Å².